The molecule has 2 atom stereocenters. The average molecular weight is 386 g/mol. The molecule has 0 amide bonds. The van der Waals surface area contributed by atoms with Crippen molar-refractivity contribution in [2.45, 2.75) is 45.6 Å². The lowest BCUT2D eigenvalue weighted by molar-refractivity contribution is 0.174. The van der Waals surface area contributed by atoms with Gasteiger partial charge in [-0.3, -0.25) is 4.90 Å². The van der Waals surface area contributed by atoms with Gasteiger partial charge in [0.1, 0.15) is 6.07 Å². The van der Waals surface area contributed by atoms with Crippen molar-refractivity contribution < 1.29 is 0 Å². The Morgan fingerprint density at radius 2 is 1.69 bits per heavy atom. The van der Waals surface area contributed by atoms with Gasteiger partial charge in [-0.25, -0.2) is 0 Å². The Labute approximate surface area is 173 Å². The van der Waals surface area contributed by atoms with Crippen LogP contribution in [0.3, 0.4) is 0 Å². The van der Waals surface area contributed by atoms with Crippen LogP contribution in [0.4, 0.5) is 0 Å². The predicted molar refractivity (Wildman–Crippen MR) is 112 cm³/mol. The molecule has 2 N–H and O–H groups in total. The minimum Gasteiger partial charge on any atom is -0.399 e. The Morgan fingerprint density at radius 1 is 1.07 bits per heavy atom. The van der Waals surface area contributed by atoms with E-state index in [4.69, 9.17) is 5.73 Å². The second-order valence-corrected chi connectivity index (χ2v) is 8.54. The third-order valence-electron chi connectivity index (χ3n) is 6.39. The molecule has 0 bridgehead atoms. The summed E-state index contributed by atoms with van der Waals surface area (Å²) in [7, 11) is 0. The molecule has 1 aliphatic heterocycles. The third-order valence-corrected chi connectivity index (χ3v) is 6.39. The van der Waals surface area contributed by atoms with Crippen LogP contribution in [-0.4, -0.2) is 24.0 Å². The number of benzene rings is 1. The van der Waals surface area contributed by atoms with E-state index in [0.29, 0.717) is 24.1 Å². The number of hydrogen-bond acceptors (Lipinski definition) is 5. The highest BCUT2D eigenvalue weighted by atomic mass is 15.2. The van der Waals surface area contributed by atoms with Crippen molar-refractivity contribution in [2.75, 3.05) is 13.1 Å². The largest absolute Gasteiger partial charge is 0.399 e. The number of nitriles is 3. The molecule has 2 unspecified atom stereocenters. The summed E-state index contributed by atoms with van der Waals surface area (Å²) in [5, 5.41) is 30.1. The highest BCUT2D eigenvalue weighted by molar-refractivity contribution is 5.59. The maximum atomic E-state index is 10.1. The first kappa shape index (κ1) is 20.7. The van der Waals surface area contributed by atoms with Gasteiger partial charge in [0.15, 0.2) is 5.41 Å². The number of hydrogen-bond donors (Lipinski definition) is 1. The normalized spacial score (nSPS) is 23.8. The predicted octanol–water partition coefficient (Wildman–Crippen LogP) is 3.94. The highest BCUT2D eigenvalue weighted by Crippen LogP contribution is 2.54. The fourth-order valence-electron chi connectivity index (χ4n) is 4.59. The maximum absolute atomic E-state index is 10.1. The van der Waals surface area contributed by atoms with Gasteiger partial charge in [-0.1, -0.05) is 44.2 Å². The van der Waals surface area contributed by atoms with E-state index in [1.807, 2.05) is 18.2 Å². The third kappa shape index (κ3) is 3.21. The van der Waals surface area contributed by atoms with E-state index in [-0.39, 0.29) is 11.6 Å². The number of allylic oxidation sites excluding steroid dienone is 2. The maximum Gasteiger partial charge on any atom is 0.191 e. The molecule has 1 heterocycles. The number of nitrogens with two attached hydrogens (primary N) is 1. The van der Waals surface area contributed by atoms with Crippen LogP contribution in [0.5, 0.6) is 0 Å². The molecular formula is C24H27N5. The van der Waals surface area contributed by atoms with Crippen LogP contribution in [0, 0.1) is 45.3 Å². The number of rotatable bonds is 3. The first-order valence-corrected chi connectivity index (χ1v) is 10.1. The zero-order chi connectivity index (χ0) is 21.3. The quantitative estimate of drug-likeness (QED) is 0.849. The topological polar surface area (TPSA) is 101 Å². The van der Waals surface area contributed by atoms with E-state index in [0.717, 1.165) is 17.7 Å². The Balaban J connectivity index is 2.25. The molecule has 5 heteroatoms. The van der Waals surface area contributed by atoms with Gasteiger partial charge in [-0.05, 0) is 36.5 Å². The van der Waals surface area contributed by atoms with E-state index in [9.17, 15) is 15.8 Å². The first-order valence-electron chi connectivity index (χ1n) is 10.1. The Morgan fingerprint density at radius 3 is 2.17 bits per heavy atom. The second-order valence-electron chi connectivity index (χ2n) is 8.54. The number of fused-ring (bicyclic) bond motifs is 1. The summed E-state index contributed by atoms with van der Waals surface area (Å²) in [5.74, 6) is -0.176. The SMILES string of the molecule is CC(C)c1ccc(C2C3CN(C(C)C)CC=C3C(C#N)=C(N)C2(C#N)C#N)cc1. The van der Waals surface area contributed by atoms with Crippen molar-refractivity contribution in [3.63, 3.8) is 0 Å². The van der Waals surface area contributed by atoms with Gasteiger partial charge in [-0.15, -0.1) is 0 Å². The molecule has 0 saturated carbocycles. The average Bonchev–Trinajstić information content (AvgIpc) is 2.72. The summed E-state index contributed by atoms with van der Waals surface area (Å²) < 4.78 is 0. The van der Waals surface area contributed by atoms with Crippen molar-refractivity contribution in [1.29, 1.82) is 15.8 Å². The lowest BCUT2D eigenvalue weighted by Crippen LogP contribution is -2.49. The summed E-state index contributed by atoms with van der Waals surface area (Å²) in [5.41, 5.74) is 8.17. The van der Waals surface area contributed by atoms with E-state index in [1.54, 1.807) is 0 Å². The molecule has 0 aromatic heterocycles. The fraction of sp³-hybridized carbons (Fsp3) is 0.458. The van der Waals surface area contributed by atoms with Gasteiger partial charge in [0.2, 0.25) is 0 Å². The first-order chi connectivity index (χ1) is 13.8. The highest BCUT2D eigenvalue weighted by Gasteiger charge is 2.54. The minimum atomic E-state index is -1.56. The van der Waals surface area contributed by atoms with Crippen molar-refractivity contribution >= 4 is 0 Å². The summed E-state index contributed by atoms with van der Waals surface area (Å²) >= 11 is 0. The van der Waals surface area contributed by atoms with E-state index in [1.165, 1.54) is 5.56 Å². The van der Waals surface area contributed by atoms with Crippen molar-refractivity contribution in [1.82, 2.24) is 4.90 Å². The summed E-state index contributed by atoms with van der Waals surface area (Å²) in [4.78, 5) is 2.31. The zero-order valence-electron chi connectivity index (χ0n) is 17.5. The molecule has 2 aliphatic rings. The van der Waals surface area contributed by atoms with Gasteiger partial charge < -0.3 is 5.73 Å². The van der Waals surface area contributed by atoms with Crippen molar-refractivity contribution in [3.05, 3.63) is 58.3 Å². The summed E-state index contributed by atoms with van der Waals surface area (Å²) in [6.07, 6.45) is 2.05. The van der Waals surface area contributed by atoms with Gasteiger partial charge in [0.05, 0.1) is 23.4 Å². The minimum absolute atomic E-state index is 0.0865. The Hall–Kier alpha value is -3.07. The fourth-order valence-corrected chi connectivity index (χ4v) is 4.59. The molecular weight excluding hydrogens is 358 g/mol. The molecule has 0 radical (unpaired) electrons. The van der Waals surface area contributed by atoms with Crippen LogP contribution < -0.4 is 5.73 Å². The van der Waals surface area contributed by atoms with E-state index < -0.39 is 11.3 Å². The summed E-state index contributed by atoms with van der Waals surface area (Å²) in [6, 6.07) is 15.1. The van der Waals surface area contributed by atoms with Crippen molar-refractivity contribution in [3.8, 4) is 18.2 Å². The van der Waals surface area contributed by atoms with Gasteiger partial charge in [-0.2, -0.15) is 15.8 Å². The molecule has 0 spiro atoms. The van der Waals surface area contributed by atoms with E-state index in [2.05, 4.69) is 62.9 Å². The van der Waals surface area contributed by atoms with Crippen molar-refractivity contribution in [2.24, 2.45) is 17.1 Å². The molecule has 0 saturated heterocycles. The zero-order valence-corrected chi connectivity index (χ0v) is 17.5. The molecule has 29 heavy (non-hydrogen) atoms. The van der Waals surface area contributed by atoms with Gasteiger partial charge in [0.25, 0.3) is 0 Å². The smallest absolute Gasteiger partial charge is 0.191 e. The van der Waals surface area contributed by atoms with Gasteiger partial charge in [0, 0.05) is 31.0 Å². The van der Waals surface area contributed by atoms with Crippen LogP contribution in [0.1, 0.15) is 50.7 Å². The molecule has 0 fully saturated rings. The van der Waals surface area contributed by atoms with Crippen LogP contribution in [0.25, 0.3) is 0 Å². The molecule has 1 aliphatic carbocycles. The molecule has 1 aromatic rings. The lowest BCUT2D eigenvalue weighted by Gasteiger charge is -2.46. The summed E-state index contributed by atoms with van der Waals surface area (Å²) in [6.45, 7) is 9.94. The molecule has 148 valence electrons. The molecule has 3 rings (SSSR count). The second kappa shape index (κ2) is 7.75. The van der Waals surface area contributed by atoms with Gasteiger partial charge >= 0.3 is 0 Å². The molecule has 1 aromatic carbocycles. The van der Waals surface area contributed by atoms with Crippen LogP contribution in [0.2, 0.25) is 0 Å². The molecule has 5 nitrogen and oxygen atoms in total. The number of nitrogens with zero attached hydrogens (tertiary/aromatic N) is 4. The van der Waals surface area contributed by atoms with E-state index >= 15 is 0 Å². The standard InChI is InChI=1S/C24H27N5/c1-15(2)17-5-7-18(8-6-17)22-21-12-29(16(3)4)10-9-19(21)20(11-25)23(28)24(22,13-26)14-27/h5-9,15-16,21-22H,10,12,28H2,1-4H3. The lowest BCUT2D eigenvalue weighted by atomic mass is 9.58. The monoisotopic (exact) mass is 385 g/mol. The Bertz CT molecular complexity index is 962. The van der Waals surface area contributed by atoms with Crippen LogP contribution in [-0.2, 0) is 0 Å². The van der Waals surface area contributed by atoms with Crippen LogP contribution in [0.15, 0.2) is 47.2 Å². The Kier molecular flexibility index (Phi) is 5.52. The van der Waals surface area contributed by atoms with Crippen LogP contribution >= 0.6 is 0 Å².